The van der Waals surface area contributed by atoms with E-state index >= 15 is 0 Å². The number of nitrogens with two attached hydrogens (primary N) is 1. The van der Waals surface area contributed by atoms with E-state index in [4.69, 9.17) is 10.5 Å². The molecule has 2 nitrogen and oxygen atoms in total. The van der Waals surface area contributed by atoms with Gasteiger partial charge in [0.2, 0.25) is 0 Å². The van der Waals surface area contributed by atoms with Gasteiger partial charge < -0.3 is 10.5 Å². The molecule has 0 amide bonds. The van der Waals surface area contributed by atoms with Crippen LogP contribution in [0.5, 0.6) is 5.75 Å². The average Bonchev–Trinajstić information content (AvgIpc) is 2.03. The van der Waals surface area contributed by atoms with E-state index in [0.29, 0.717) is 0 Å². The van der Waals surface area contributed by atoms with Gasteiger partial charge in [-0.05, 0) is 38.5 Å². The molecule has 1 atom stereocenters. The molecule has 0 saturated carbocycles. The first-order chi connectivity index (χ1) is 6.09. The van der Waals surface area contributed by atoms with Gasteiger partial charge in [0.25, 0.3) is 0 Å². The summed E-state index contributed by atoms with van der Waals surface area (Å²) in [7, 11) is 0. The molecule has 0 fully saturated rings. The predicted octanol–water partition coefficient (Wildman–Crippen LogP) is 2.92. The summed E-state index contributed by atoms with van der Waals surface area (Å²) in [5.74, 6) is 0.893. The van der Waals surface area contributed by atoms with E-state index in [1.165, 1.54) is 0 Å². The molecular weight excluding hydrogens is 198 g/mol. The van der Waals surface area contributed by atoms with Gasteiger partial charge in [0.05, 0.1) is 6.10 Å². The van der Waals surface area contributed by atoms with Gasteiger partial charge in [0.15, 0.2) is 0 Å². The highest BCUT2D eigenvalue weighted by Gasteiger charge is 2.01. The maximum atomic E-state index is 5.76. The van der Waals surface area contributed by atoms with Crippen LogP contribution in [0.25, 0.3) is 0 Å². The zero-order chi connectivity index (χ0) is 9.84. The second-order valence-corrected chi connectivity index (χ2v) is 3.53. The molecule has 0 aliphatic rings. The highest BCUT2D eigenvalue weighted by molar-refractivity contribution is 5.85. The molecule has 14 heavy (non-hydrogen) atoms. The molecule has 2 N–H and O–H groups in total. The first-order valence-corrected chi connectivity index (χ1v) is 4.62. The van der Waals surface area contributed by atoms with Gasteiger partial charge in [-0.25, -0.2) is 0 Å². The van der Waals surface area contributed by atoms with Gasteiger partial charge in [-0.2, -0.15) is 0 Å². The van der Waals surface area contributed by atoms with Crippen LogP contribution in [-0.4, -0.2) is 6.10 Å². The Morgan fingerprint density at radius 2 is 1.86 bits per heavy atom. The minimum Gasteiger partial charge on any atom is -0.491 e. The minimum absolute atomic E-state index is 0. The largest absolute Gasteiger partial charge is 0.491 e. The molecule has 0 bridgehead atoms. The summed E-state index contributed by atoms with van der Waals surface area (Å²) in [5, 5.41) is 0. The molecule has 1 aromatic rings. The molecule has 3 heteroatoms. The minimum atomic E-state index is 0. The summed E-state index contributed by atoms with van der Waals surface area (Å²) in [5.41, 5.74) is 6.87. The van der Waals surface area contributed by atoms with Gasteiger partial charge in [0, 0.05) is 6.04 Å². The van der Waals surface area contributed by atoms with Crippen molar-refractivity contribution in [3.8, 4) is 5.75 Å². The highest BCUT2D eigenvalue weighted by atomic mass is 35.5. The highest BCUT2D eigenvalue weighted by Crippen LogP contribution is 2.18. The second kappa shape index (κ2) is 5.89. The molecule has 0 saturated heterocycles. The predicted molar refractivity (Wildman–Crippen MR) is 62.1 cm³/mol. The van der Waals surface area contributed by atoms with Gasteiger partial charge in [-0.3, -0.25) is 0 Å². The van der Waals surface area contributed by atoms with Crippen LogP contribution < -0.4 is 10.5 Å². The lowest BCUT2D eigenvalue weighted by Crippen LogP contribution is -2.08. The summed E-state index contributed by atoms with van der Waals surface area (Å²) in [6, 6.07) is 7.99. The monoisotopic (exact) mass is 215 g/mol. The van der Waals surface area contributed by atoms with Crippen LogP contribution in [0.4, 0.5) is 0 Å². The molecule has 0 unspecified atom stereocenters. The Bertz CT molecular complexity index is 274. The van der Waals surface area contributed by atoms with Crippen LogP contribution >= 0.6 is 12.4 Å². The first kappa shape index (κ1) is 13.3. The standard InChI is InChI=1S/C11H17NO.ClH/c1-8(2)13-11-6-4-5-10(7-11)9(3)12;/h4-9H,12H2,1-3H3;1H/t9-;/m0./s1. The van der Waals surface area contributed by atoms with E-state index in [2.05, 4.69) is 0 Å². The lowest BCUT2D eigenvalue weighted by Gasteiger charge is -2.12. The topological polar surface area (TPSA) is 35.2 Å². The van der Waals surface area contributed by atoms with E-state index in [1.54, 1.807) is 0 Å². The summed E-state index contributed by atoms with van der Waals surface area (Å²) in [4.78, 5) is 0. The molecular formula is C11H18ClNO. The molecule has 1 rings (SSSR count). The van der Waals surface area contributed by atoms with Gasteiger partial charge >= 0.3 is 0 Å². The number of rotatable bonds is 3. The van der Waals surface area contributed by atoms with Crippen molar-refractivity contribution >= 4 is 12.4 Å². The number of hydrogen-bond acceptors (Lipinski definition) is 2. The zero-order valence-electron chi connectivity index (χ0n) is 8.86. The summed E-state index contributed by atoms with van der Waals surface area (Å²) in [6.45, 7) is 5.99. The summed E-state index contributed by atoms with van der Waals surface area (Å²) in [6.07, 6.45) is 0.211. The number of hydrogen-bond donors (Lipinski definition) is 1. The lowest BCUT2D eigenvalue weighted by molar-refractivity contribution is 0.242. The van der Waals surface area contributed by atoms with Crippen LogP contribution in [-0.2, 0) is 0 Å². The molecule has 0 spiro atoms. The third kappa shape index (κ3) is 3.99. The number of ether oxygens (including phenoxy) is 1. The van der Waals surface area contributed by atoms with Crippen molar-refractivity contribution in [1.29, 1.82) is 0 Å². The molecule has 0 heterocycles. The van der Waals surface area contributed by atoms with Crippen molar-refractivity contribution in [2.45, 2.75) is 32.9 Å². The Morgan fingerprint density at radius 3 is 2.36 bits per heavy atom. The molecule has 1 aromatic carbocycles. The first-order valence-electron chi connectivity index (χ1n) is 4.62. The third-order valence-electron chi connectivity index (χ3n) is 1.76. The molecule has 0 aliphatic carbocycles. The number of halogens is 1. The second-order valence-electron chi connectivity index (χ2n) is 3.53. The fourth-order valence-electron chi connectivity index (χ4n) is 1.14. The fraction of sp³-hybridized carbons (Fsp3) is 0.455. The summed E-state index contributed by atoms with van der Waals surface area (Å²) >= 11 is 0. The Morgan fingerprint density at radius 1 is 1.21 bits per heavy atom. The average molecular weight is 216 g/mol. The molecule has 0 aliphatic heterocycles. The Labute approximate surface area is 91.9 Å². The van der Waals surface area contributed by atoms with E-state index in [0.717, 1.165) is 11.3 Å². The van der Waals surface area contributed by atoms with Gasteiger partial charge in [-0.1, -0.05) is 12.1 Å². The van der Waals surface area contributed by atoms with Crippen LogP contribution in [0.15, 0.2) is 24.3 Å². The van der Waals surface area contributed by atoms with Crippen molar-refractivity contribution in [2.75, 3.05) is 0 Å². The fourth-order valence-corrected chi connectivity index (χ4v) is 1.14. The maximum Gasteiger partial charge on any atom is 0.120 e. The Hall–Kier alpha value is -0.730. The quantitative estimate of drug-likeness (QED) is 0.842. The van der Waals surface area contributed by atoms with Crippen LogP contribution in [0, 0.1) is 0 Å². The van der Waals surface area contributed by atoms with Crippen molar-refractivity contribution in [3.63, 3.8) is 0 Å². The van der Waals surface area contributed by atoms with Crippen LogP contribution in [0.2, 0.25) is 0 Å². The van der Waals surface area contributed by atoms with Crippen molar-refractivity contribution in [3.05, 3.63) is 29.8 Å². The van der Waals surface area contributed by atoms with E-state index in [1.807, 2.05) is 45.0 Å². The smallest absolute Gasteiger partial charge is 0.120 e. The van der Waals surface area contributed by atoms with Crippen LogP contribution in [0.3, 0.4) is 0 Å². The Kier molecular flexibility index (Phi) is 5.58. The van der Waals surface area contributed by atoms with E-state index in [9.17, 15) is 0 Å². The van der Waals surface area contributed by atoms with Crippen molar-refractivity contribution < 1.29 is 4.74 Å². The SMILES string of the molecule is CC(C)Oc1cccc([C@H](C)N)c1.Cl. The van der Waals surface area contributed by atoms with Crippen molar-refractivity contribution in [1.82, 2.24) is 0 Å². The summed E-state index contributed by atoms with van der Waals surface area (Å²) < 4.78 is 5.55. The molecule has 0 aromatic heterocycles. The lowest BCUT2D eigenvalue weighted by atomic mass is 10.1. The van der Waals surface area contributed by atoms with Crippen molar-refractivity contribution in [2.24, 2.45) is 5.73 Å². The zero-order valence-corrected chi connectivity index (χ0v) is 9.67. The van der Waals surface area contributed by atoms with Gasteiger partial charge in [0.1, 0.15) is 5.75 Å². The normalized spacial score (nSPS) is 12.1. The number of benzene rings is 1. The molecule has 80 valence electrons. The van der Waals surface area contributed by atoms with Crippen LogP contribution in [0.1, 0.15) is 32.4 Å². The van der Waals surface area contributed by atoms with Gasteiger partial charge in [-0.15, -0.1) is 12.4 Å². The van der Waals surface area contributed by atoms with E-state index < -0.39 is 0 Å². The Balaban J connectivity index is 0.00000169. The molecule has 0 radical (unpaired) electrons. The maximum absolute atomic E-state index is 5.76. The third-order valence-corrected chi connectivity index (χ3v) is 1.76. The van der Waals surface area contributed by atoms with E-state index in [-0.39, 0.29) is 24.6 Å².